The Bertz CT molecular complexity index is 787. The molecule has 26 heavy (non-hydrogen) atoms. The van der Waals surface area contributed by atoms with Gasteiger partial charge in [0.2, 0.25) is 0 Å². The monoisotopic (exact) mass is 347 g/mol. The number of hydrogen-bond donors (Lipinski definition) is 3. The quantitative estimate of drug-likeness (QED) is 0.771. The third-order valence-corrected chi connectivity index (χ3v) is 5.49. The molecule has 2 unspecified atom stereocenters. The number of rotatable bonds is 5. The summed E-state index contributed by atoms with van der Waals surface area (Å²) >= 11 is 0. The molecule has 4 rings (SSSR count). The van der Waals surface area contributed by atoms with Gasteiger partial charge in [-0.15, -0.1) is 0 Å². The second kappa shape index (κ2) is 7.45. The van der Waals surface area contributed by atoms with Crippen LogP contribution in [0.25, 0.3) is 0 Å². The van der Waals surface area contributed by atoms with Crippen molar-refractivity contribution in [2.45, 2.75) is 56.1 Å². The third kappa shape index (κ3) is 4.04. The first-order valence-electron chi connectivity index (χ1n) is 9.46. The number of aromatic nitrogens is 1. The summed E-state index contributed by atoms with van der Waals surface area (Å²) in [5.74, 6) is 1.38. The molecule has 0 radical (unpaired) electrons. The van der Waals surface area contributed by atoms with Crippen molar-refractivity contribution in [3.05, 3.63) is 53.7 Å². The zero-order valence-corrected chi connectivity index (χ0v) is 14.9. The van der Waals surface area contributed by atoms with E-state index in [1.165, 1.54) is 24.8 Å². The van der Waals surface area contributed by atoms with E-state index in [4.69, 9.17) is 11.0 Å². The molecule has 5 nitrogen and oxygen atoms in total. The fourth-order valence-electron chi connectivity index (χ4n) is 3.85. The summed E-state index contributed by atoms with van der Waals surface area (Å²) in [5, 5.41) is 16.0. The summed E-state index contributed by atoms with van der Waals surface area (Å²) in [7, 11) is 0. The van der Waals surface area contributed by atoms with Crippen molar-refractivity contribution in [3.8, 4) is 6.07 Å². The van der Waals surface area contributed by atoms with Crippen molar-refractivity contribution in [2.75, 3.05) is 5.32 Å². The summed E-state index contributed by atoms with van der Waals surface area (Å²) < 4.78 is 0. The molecular weight excluding hydrogens is 322 g/mol. The number of anilines is 2. The molecule has 2 aliphatic rings. The lowest BCUT2D eigenvalue weighted by atomic mass is 9.92. The largest absolute Gasteiger partial charge is 0.340 e. The fourth-order valence-corrected chi connectivity index (χ4v) is 3.85. The van der Waals surface area contributed by atoms with Crippen molar-refractivity contribution in [1.29, 1.82) is 5.26 Å². The Hall–Kier alpha value is -2.42. The SMILES string of the molecule is N#Cc1cccc(Nc2ccc(C3CC3N[C@H]3CC[C@H](N)CC3)cn2)c1. The van der Waals surface area contributed by atoms with Crippen molar-refractivity contribution < 1.29 is 0 Å². The topological polar surface area (TPSA) is 86.8 Å². The standard InChI is InChI=1S/C21H25N5/c22-12-14-2-1-3-18(10-14)26-21-9-4-15(13-24-21)19-11-20(19)25-17-7-5-16(23)6-8-17/h1-4,9-10,13,16-17,19-20,25H,5-8,11,23H2,(H,24,26)/t16-,17-,19?,20?. The number of nitriles is 1. The molecule has 2 fully saturated rings. The van der Waals surface area contributed by atoms with Crippen LogP contribution in [0, 0.1) is 11.3 Å². The van der Waals surface area contributed by atoms with Crippen LogP contribution in [0.4, 0.5) is 11.5 Å². The second-order valence-electron chi connectivity index (χ2n) is 7.52. The molecular formula is C21H25N5. The van der Waals surface area contributed by atoms with Gasteiger partial charge >= 0.3 is 0 Å². The van der Waals surface area contributed by atoms with Crippen LogP contribution in [0.1, 0.15) is 49.1 Å². The highest BCUT2D eigenvalue weighted by Gasteiger charge is 2.39. The van der Waals surface area contributed by atoms with E-state index in [2.05, 4.69) is 27.8 Å². The van der Waals surface area contributed by atoms with Crippen LogP contribution >= 0.6 is 0 Å². The molecule has 4 N–H and O–H groups in total. The van der Waals surface area contributed by atoms with E-state index in [0.717, 1.165) is 24.3 Å². The first kappa shape index (κ1) is 17.0. The van der Waals surface area contributed by atoms with E-state index in [-0.39, 0.29) is 0 Å². The van der Waals surface area contributed by atoms with Crippen LogP contribution in [0.15, 0.2) is 42.6 Å². The number of hydrogen-bond acceptors (Lipinski definition) is 5. The molecule has 1 aromatic carbocycles. The predicted octanol–water partition coefficient (Wildman–Crippen LogP) is 3.41. The van der Waals surface area contributed by atoms with E-state index in [9.17, 15) is 0 Å². The lowest BCUT2D eigenvalue weighted by molar-refractivity contribution is 0.339. The zero-order valence-electron chi connectivity index (χ0n) is 14.9. The average Bonchev–Trinajstić information content (AvgIpc) is 3.43. The summed E-state index contributed by atoms with van der Waals surface area (Å²) in [5.41, 5.74) is 8.81. The van der Waals surface area contributed by atoms with Gasteiger partial charge in [0.05, 0.1) is 11.6 Å². The zero-order chi connectivity index (χ0) is 17.9. The van der Waals surface area contributed by atoms with Gasteiger partial charge in [0.15, 0.2) is 0 Å². The Morgan fingerprint density at radius 3 is 2.69 bits per heavy atom. The molecule has 134 valence electrons. The minimum atomic E-state index is 0.404. The number of nitrogens with two attached hydrogens (primary N) is 1. The van der Waals surface area contributed by atoms with Gasteiger partial charge in [0, 0.05) is 35.9 Å². The molecule has 1 heterocycles. The molecule has 1 aromatic heterocycles. The minimum absolute atomic E-state index is 0.404. The minimum Gasteiger partial charge on any atom is -0.340 e. The first-order valence-corrected chi connectivity index (χ1v) is 9.46. The molecule has 5 heteroatoms. The van der Waals surface area contributed by atoms with Gasteiger partial charge in [-0.3, -0.25) is 0 Å². The Morgan fingerprint density at radius 1 is 1.12 bits per heavy atom. The maximum atomic E-state index is 8.98. The van der Waals surface area contributed by atoms with E-state index >= 15 is 0 Å². The highest BCUT2D eigenvalue weighted by atomic mass is 15.0. The Balaban J connectivity index is 1.32. The van der Waals surface area contributed by atoms with Crippen LogP contribution < -0.4 is 16.4 Å². The maximum absolute atomic E-state index is 8.98. The number of nitrogens with one attached hydrogen (secondary N) is 2. The lowest BCUT2D eigenvalue weighted by Gasteiger charge is -2.27. The van der Waals surface area contributed by atoms with Crippen molar-refractivity contribution >= 4 is 11.5 Å². The van der Waals surface area contributed by atoms with Gasteiger partial charge in [-0.25, -0.2) is 4.98 Å². The molecule has 2 aromatic rings. The molecule has 2 aliphatic carbocycles. The molecule has 0 spiro atoms. The summed E-state index contributed by atoms with van der Waals surface area (Å²) in [6.45, 7) is 0. The predicted molar refractivity (Wildman–Crippen MR) is 103 cm³/mol. The van der Waals surface area contributed by atoms with Crippen LogP contribution in [0.5, 0.6) is 0 Å². The molecule has 0 bridgehead atoms. The smallest absolute Gasteiger partial charge is 0.130 e. The molecule has 0 saturated heterocycles. The summed E-state index contributed by atoms with van der Waals surface area (Å²) in [4.78, 5) is 4.54. The molecule has 2 saturated carbocycles. The highest BCUT2D eigenvalue weighted by molar-refractivity contribution is 5.58. The number of nitrogens with zero attached hydrogens (tertiary/aromatic N) is 2. The van der Waals surface area contributed by atoms with Crippen molar-refractivity contribution in [2.24, 2.45) is 5.73 Å². The van der Waals surface area contributed by atoms with E-state index in [1.54, 1.807) is 6.07 Å². The normalized spacial score (nSPS) is 27.5. The van der Waals surface area contributed by atoms with Gasteiger partial charge in [-0.1, -0.05) is 12.1 Å². The van der Waals surface area contributed by atoms with E-state index in [0.29, 0.717) is 29.6 Å². The maximum Gasteiger partial charge on any atom is 0.130 e. The molecule has 0 aliphatic heterocycles. The average molecular weight is 347 g/mol. The Morgan fingerprint density at radius 2 is 1.96 bits per heavy atom. The van der Waals surface area contributed by atoms with Crippen molar-refractivity contribution in [3.63, 3.8) is 0 Å². The van der Waals surface area contributed by atoms with Gasteiger partial charge in [0.25, 0.3) is 0 Å². The number of benzene rings is 1. The fraction of sp³-hybridized carbons (Fsp3) is 0.429. The summed E-state index contributed by atoms with van der Waals surface area (Å²) in [6.07, 6.45) is 7.86. The third-order valence-electron chi connectivity index (χ3n) is 5.49. The van der Waals surface area contributed by atoms with Crippen LogP contribution in [0.3, 0.4) is 0 Å². The Kier molecular flexibility index (Phi) is 4.87. The summed E-state index contributed by atoms with van der Waals surface area (Å²) in [6, 6.07) is 15.4. The van der Waals surface area contributed by atoms with E-state index < -0.39 is 0 Å². The van der Waals surface area contributed by atoms with Gasteiger partial charge in [-0.05, 0) is 61.9 Å². The van der Waals surface area contributed by atoms with E-state index in [1.807, 2.05) is 30.5 Å². The van der Waals surface area contributed by atoms with Gasteiger partial charge in [-0.2, -0.15) is 5.26 Å². The van der Waals surface area contributed by atoms with Crippen molar-refractivity contribution in [1.82, 2.24) is 10.3 Å². The van der Waals surface area contributed by atoms with Gasteiger partial charge in [0.1, 0.15) is 5.82 Å². The van der Waals surface area contributed by atoms with Crippen LogP contribution in [0.2, 0.25) is 0 Å². The Labute approximate surface area is 154 Å². The second-order valence-corrected chi connectivity index (χ2v) is 7.52. The van der Waals surface area contributed by atoms with Gasteiger partial charge < -0.3 is 16.4 Å². The molecule has 2 atom stereocenters. The molecule has 0 amide bonds. The highest BCUT2D eigenvalue weighted by Crippen LogP contribution is 2.41. The lowest BCUT2D eigenvalue weighted by Crippen LogP contribution is -2.38. The number of pyridine rings is 1. The van der Waals surface area contributed by atoms with Crippen LogP contribution in [-0.4, -0.2) is 23.1 Å². The van der Waals surface area contributed by atoms with Crippen LogP contribution in [-0.2, 0) is 0 Å². The first-order chi connectivity index (χ1) is 12.7.